The Hall–Kier alpha value is -1.65. The second-order valence-electron chi connectivity index (χ2n) is 9.47. The molecule has 1 aromatic rings. The van der Waals surface area contributed by atoms with Gasteiger partial charge in [0.05, 0.1) is 31.3 Å². The summed E-state index contributed by atoms with van der Waals surface area (Å²) >= 11 is 0. The summed E-state index contributed by atoms with van der Waals surface area (Å²) in [5, 5.41) is 20.3. The molecule has 0 fully saturated rings. The molecule has 3 atom stereocenters. The van der Waals surface area contributed by atoms with Gasteiger partial charge in [-0.3, -0.25) is 4.79 Å². The molecule has 0 bridgehead atoms. The van der Waals surface area contributed by atoms with Gasteiger partial charge in [-0.2, -0.15) is 0 Å². The van der Waals surface area contributed by atoms with Gasteiger partial charge in [0.25, 0.3) is 0 Å². The summed E-state index contributed by atoms with van der Waals surface area (Å²) in [6.07, 6.45) is -0.111. The average molecular weight is 419 g/mol. The van der Waals surface area contributed by atoms with Crippen molar-refractivity contribution in [1.29, 1.82) is 0 Å². The highest BCUT2D eigenvalue weighted by molar-refractivity contribution is 6.74. The summed E-state index contributed by atoms with van der Waals surface area (Å²) in [6, 6.07) is 5.59. The highest BCUT2D eigenvalue weighted by atomic mass is 28.4. The number of fused-ring (bicyclic) bond motifs is 1. The van der Waals surface area contributed by atoms with E-state index in [1.807, 2.05) is 18.2 Å². The minimum Gasteiger partial charge on any atom is -0.496 e. The van der Waals surface area contributed by atoms with Crippen LogP contribution < -0.4 is 4.74 Å². The van der Waals surface area contributed by atoms with Crippen molar-refractivity contribution in [3.05, 3.63) is 29.3 Å². The number of hydrogen-bond acceptors (Lipinski definition) is 5. The summed E-state index contributed by atoms with van der Waals surface area (Å²) in [7, 11) is -0.619. The normalized spacial score (nSPS) is 24.3. The first-order chi connectivity index (χ1) is 13.4. The molecule has 0 spiro atoms. The smallest absolute Gasteiger partial charge is 0.213 e. The van der Waals surface area contributed by atoms with Gasteiger partial charge >= 0.3 is 0 Å². The van der Waals surface area contributed by atoms with Gasteiger partial charge in [0, 0.05) is 12.0 Å². The number of aliphatic hydroxyl groups excluding tert-OH is 1. The van der Waals surface area contributed by atoms with Gasteiger partial charge in [-0.1, -0.05) is 38.8 Å². The zero-order valence-electron chi connectivity index (χ0n) is 18.6. The van der Waals surface area contributed by atoms with Crippen molar-refractivity contribution in [3.8, 4) is 17.6 Å². The first kappa shape index (κ1) is 23.6. The Morgan fingerprint density at radius 1 is 1.34 bits per heavy atom. The third kappa shape index (κ3) is 4.92. The number of hydrogen-bond donors (Lipinski definition) is 2. The van der Waals surface area contributed by atoms with Gasteiger partial charge in [-0.15, -0.1) is 0 Å². The number of aliphatic hydroxyl groups is 2. The molecule has 0 unspecified atom stereocenters. The van der Waals surface area contributed by atoms with Crippen LogP contribution in [0.15, 0.2) is 18.2 Å². The van der Waals surface area contributed by atoms with Crippen LogP contribution >= 0.6 is 0 Å². The predicted molar refractivity (Wildman–Crippen MR) is 116 cm³/mol. The Morgan fingerprint density at radius 3 is 2.55 bits per heavy atom. The zero-order valence-corrected chi connectivity index (χ0v) is 19.6. The molecule has 0 saturated heterocycles. The van der Waals surface area contributed by atoms with Crippen molar-refractivity contribution in [2.45, 2.75) is 76.3 Å². The van der Waals surface area contributed by atoms with Gasteiger partial charge in [0.2, 0.25) is 5.78 Å². The lowest BCUT2D eigenvalue weighted by Crippen LogP contribution is -2.49. The van der Waals surface area contributed by atoms with Crippen LogP contribution in [0.1, 0.15) is 63.7 Å². The van der Waals surface area contributed by atoms with Crippen LogP contribution in [0.4, 0.5) is 0 Å². The summed E-state index contributed by atoms with van der Waals surface area (Å²) in [6.45, 7) is 12.4. The number of carbonyl (C=O) groups is 1. The standard InChI is InChI=1S/C23H34O5Si/c1-22(2,3)29(6,7)28-21-16-11-10-13-19(27-5)20(16)17(15-23(21,4)26)18(25)12-8-9-14-24/h10-11,13,17,21,24,26H,9,14-15H2,1-7H3/t17-,21-,23-/m1/s1. The van der Waals surface area contributed by atoms with Gasteiger partial charge in [0.15, 0.2) is 8.32 Å². The lowest BCUT2D eigenvalue weighted by Gasteiger charge is -2.47. The third-order valence-electron chi connectivity index (χ3n) is 6.12. The second-order valence-corrected chi connectivity index (χ2v) is 14.2. The number of benzene rings is 1. The molecule has 0 amide bonds. The maximum absolute atomic E-state index is 12.9. The lowest BCUT2D eigenvalue weighted by molar-refractivity contribution is -0.120. The topological polar surface area (TPSA) is 76.0 Å². The highest BCUT2D eigenvalue weighted by Crippen LogP contribution is 2.51. The molecular formula is C23H34O5Si. The Labute approximate surface area is 175 Å². The summed E-state index contributed by atoms with van der Waals surface area (Å²) in [5.41, 5.74) is 0.301. The van der Waals surface area contributed by atoms with Crippen LogP contribution in [0.25, 0.3) is 0 Å². The summed E-state index contributed by atoms with van der Waals surface area (Å²) in [4.78, 5) is 12.9. The monoisotopic (exact) mass is 418 g/mol. The molecule has 0 aliphatic heterocycles. The minimum absolute atomic E-state index is 0.0233. The van der Waals surface area contributed by atoms with E-state index in [2.05, 4.69) is 45.7 Å². The van der Waals surface area contributed by atoms with Crippen molar-refractivity contribution < 1.29 is 24.2 Å². The fraction of sp³-hybridized carbons (Fsp3) is 0.609. The number of Topliss-reactive ketones (excluding diaryl/α,β-unsaturated/α-hetero) is 1. The second kappa shape index (κ2) is 8.61. The molecule has 0 radical (unpaired) electrons. The van der Waals surface area contributed by atoms with E-state index in [1.54, 1.807) is 14.0 Å². The first-order valence-corrected chi connectivity index (χ1v) is 13.0. The van der Waals surface area contributed by atoms with E-state index in [4.69, 9.17) is 14.3 Å². The largest absolute Gasteiger partial charge is 0.496 e. The fourth-order valence-electron chi connectivity index (χ4n) is 3.48. The SMILES string of the molecule is COc1cccc2c1[C@@H](C(=O)C#CCCO)C[C@@](C)(O)[C@@H]2O[Si](C)(C)C(C)(C)C. The zero-order chi connectivity index (χ0) is 22.0. The number of carbonyl (C=O) groups excluding carboxylic acids is 1. The number of ketones is 1. The van der Waals surface area contributed by atoms with Crippen LogP contribution in [0, 0.1) is 11.8 Å². The molecule has 0 heterocycles. The maximum atomic E-state index is 12.9. The quantitative estimate of drug-likeness (QED) is 0.430. The van der Waals surface area contributed by atoms with E-state index in [-0.39, 0.29) is 30.3 Å². The summed E-state index contributed by atoms with van der Waals surface area (Å²) in [5.74, 6) is 5.03. The Bertz CT molecular complexity index is 811. The van der Waals surface area contributed by atoms with Gasteiger partial charge in [0.1, 0.15) is 5.75 Å². The van der Waals surface area contributed by atoms with Gasteiger partial charge < -0.3 is 19.4 Å². The van der Waals surface area contributed by atoms with Gasteiger partial charge in [-0.05, 0) is 49.0 Å². The van der Waals surface area contributed by atoms with Crippen molar-refractivity contribution >= 4 is 14.1 Å². The molecule has 2 N–H and O–H groups in total. The Morgan fingerprint density at radius 2 is 2.00 bits per heavy atom. The molecule has 1 aromatic carbocycles. The molecule has 0 saturated carbocycles. The van der Waals surface area contributed by atoms with E-state index in [1.165, 1.54) is 0 Å². The first-order valence-electron chi connectivity index (χ1n) is 10.1. The Balaban J connectivity index is 2.59. The molecule has 160 valence electrons. The van der Waals surface area contributed by atoms with Crippen LogP contribution in [-0.4, -0.2) is 43.6 Å². The van der Waals surface area contributed by atoms with Crippen LogP contribution in [0.3, 0.4) is 0 Å². The van der Waals surface area contributed by atoms with Crippen LogP contribution in [0.2, 0.25) is 18.1 Å². The van der Waals surface area contributed by atoms with E-state index in [9.17, 15) is 9.90 Å². The molecule has 0 aromatic heterocycles. The average Bonchev–Trinajstić information content (AvgIpc) is 2.62. The van der Waals surface area contributed by atoms with Crippen molar-refractivity contribution in [2.75, 3.05) is 13.7 Å². The minimum atomic E-state index is -2.19. The van der Waals surface area contributed by atoms with Crippen molar-refractivity contribution in [2.24, 2.45) is 0 Å². The van der Waals surface area contributed by atoms with Crippen molar-refractivity contribution in [1.82, 2.24) is 0 Å². The number of rotatable bonds is 5. The highest BCUT2D eigenvalue weighted by Gasteiger charge is 2.50. The molecular weight excluding hydrogens is 384 g/mol. The molecule has 6 heteroatoms. The molecule has 29 heavy (non-hydrogen) atoms. The van der Waals surface area contributed by atoms with Crippen molar-refractivity contribution in [3.63, 3.8) is 0 Å². The maximum Gasteiger partial charge on any atom is 0.213 e. The lowest BCUT2D eigenvalue weighted by atomic mass is 9.71. The van der Waals surface area contributed by atoms with E-state index in [0.717, 1.165) is 11.1 Å². The number of methoxy groups -OCH3 is 1. The van der Waals surface area contributed by atoms with Crippen LogP contribution in [-0.2, 0) is 9.22 Å². The summed E-state index contributed by atoms with van der Waals surface area (Å²) < 4.78 is 12.2. The van der Waals surface area contributed by atoms with E-state index < -0.39 is 25.9 Å². The molecule has 1 aliphatic rings. The molecule has 1 aliphatic carbocycles. The molecule has 5 nitrogen and oxygen atoms in total. The van der Waals surface area contributed by atoms with E-state index >= 15 is 0 Å². The Kier molecular flexibility index (Phi) is 7.01. The van der Waals surface area contributed by atoms with E-state index in [0.29, 0.717) is 5.75 Å². The van der Waals surface area contributed by atoms with Gasteiger partial charge in [-0.25, -0.2) is 0 Å². The third-order valence-corrected chi connectivity index (χ3v) is 10.6. The number of ether oxygens (including phenoxy) is 1. The predicted octanol–water partition coefficient (Wildman–Crippen LogP) is 3.95. The van der Waals surface area contributed by atoms with Crippen LogP contribution in [0.5, 0.6) is 5.75 Å². The fourth-order valence-corrected chi connectivity index (χ4v) is 4.80. The molecule has 2 rings (SSSR count).